The first-order valence-electron chi connectivity index (χ1n) is 5.53. The third-order valence-corrected chi connectivity index (χ3v) is 2.34. The second-order valence-corrected chi connectivity index (χ2v) is 3.91. The van der Waals surface area contributed by atoms with Crippen LogP contribution in [0.3, 0.4) is 0 Å². The summed E-state index contributed by atoms with van der Waals surface area (Å²) in [5.74, 6) is -1.00. The minimum atomic E-state index is -0.673. The molecule has 1 unspecified atom stereocenters. The van der Waals surface area contributed by atoms with Crippen molar-refractivity contribution in [3.8, 4) is 0 Å². The van der Waals surface area contributed by atoms with Gasteiger partial charge in [-0.3, -0.25) is 4.79 Å². The normalized spacial score (nSPS) is 30.0. The van der Waals surface area contributed by atoms with Gasteiger partial charge in [-0.1, -0.05) is 5.16 Å². The predicted octanol–water partition coefficient (Wildman–Crippen LogP) is 0.618. The fourth-order valence-corrected chi connectivity index (χ4v) is 1.61. The summed E-state index contributed by atoms with van der Waals surface area (Å²) in [5.41, 5.74) is 0.408. The Bertz CT molecular complexity index is 353. The molecule has 1 aliphatic heterocycles. The first-order valence-corrected chi connectivity index (χ1v) is 5.53. The van der Waals surface area contributed by atoms with Crippen molar-refractivity contribution >= 4 is 17.7 Å². The predicted molar refractivity (Wildman–Crippen MR) is 60.7 cm³/mol. The zero-order valence-corrected chi connectivity index (χ0v) is 10.8. The van der Waals surface area contributed by atoms with Crippen molar-refractivity contribution < 1.29 is 28.6 Å². The van der Waals surface area contributed by atoms with Crippen LogP contribution in [-0.4, -0.2) is 43.3 Å². The van der Waals surface area contributed by atoms with E-state index in [0.717, 1.165) is 0 Å². The molecule has 7 heteroatoms. The number of methoxy groups -OCH3 is 1. The molecule has 1 saturated heterocycles. The third kappa shape index (κ3) is 4.08. The van der Waals surface area contributed by atoms with Crippen molar-refractivity contribution in [2.45, 2.75) is 45.7 Å². The van der Waals surface area contributed by atoms with Crippen molar-refractivity contribution in [2.75, 3.05) is 7.11 Å². The van der Waals surface area contributed by atoms with Crippen molar-refractivity contribution in [3.05, 3.63) is 0 Å². The van der Waals surface area contributed by atoms with E-state index in [2.05, 4.69) is 9.99 Å². The molecule has 0 aromatic rings. The molecule has 0 N–H and O–H groups in total. The van der Waals surface area contributed by atoms with Gasteiger partial charge in [0.2, 0.25) is 0 Å². The topological polar surface area (TPSA) is 83.4 Å². The minimum Gasteiger partial charge on any atom is -0.453 e. The number of esters is 1. The summed E-state index contributed by atoms with van der Waals surface area (Å²) in [5, 5.41) is 3.70. The minimum absolute atomic E-state index is 0.270. The van der Waals surface area contributed by atoms with E-state index < -0.39 is 30.4 Å². The molecule has 0 aromatic carbocycles. The molecule has 1 heterocycles. The highest BCUT2D eigenvalue weighted by Gasteiger charge is 2.36. The Labute approximate surface area is 105 Å². The van der Waals surface area contributed by atoms with Gasteiger partial charge in [-0.15, -0.1) is 0 Å². The van der Waals surface area contributed by atoms with Crippen molar-refractivity contribution in [1.82, 2.24) is 0 Å². The first kappa shape index (κ1) is 14.6. The molecule has 7 nitrogen and oxygen atoms in total. The molecule has 3 atom stereocenters. The quantitative estimate of drug-likeness (QED) is 0.419. The molecule has 0 amide bonds. The fraction of sp³-hybridized carbons (Fsp3) is 0.727. The number of ether oxygens (including phenoxy) is 3. The van der Waals surface area contributed by atoms with Gasteiger partial charge in [0.25, 0.3) is 0 Å². The maximum absolute atomic E-state index is 11.0. The Morgan fingerprint density at radius 1 is 1.33 bits per heavy atom. The Morgan fingerprint density at radius 2 is 2.00 bits per heavy atom. The molecule has 0 saturated carbocycles. The maximum atomic E-state index is 11.0. The Hall–Kier alpha value is -1.47. The number of rotatable bonds is 3. The van der Waals surface area contributed by atoms with Gasteiger partial charge in [0.15, 0.2) is 12.4 Å². The van der Waals surface area contributed by atoms with E-state index in [1.165, 1.54) is 21.0 Å². The van der Waals surface area contributed by atoms with Gasteiger partial charge in [-0.25, -0.2) is 4.79 Å². The average molecular weight is 259 g/mol. The van der Waals surface area contributed by atoms with Crippen molar-refractivity contribution in [1.29, 1.82) is 0 Å². The summed E-state index contributed by atoms with van der Waals surface area (Å²) in [4.78, 5) is 26.3. The van der Waals surface area contributed by atoms with E-state index in [-0.39, 0.29) is 6.42 Å². The Morgan fingerprint density at radius 3 is 2.50 bits per heavy atom. The van der Waals surface area contributed by atoms with Crippen LogP contribution >= 0.6 is 0 Å². The van der Waals surface area contributed by atoms with Gasteiger partial charge in [0, 0.05) is 27.4 Å². The SMILES string of the molecule is COC1CC(=NOC(C)=O)[C@@H](OC(C)=O)[C@H](C)O1. The van der Waals surface area contributed by atoms with Gasteiger partial charge in [0.1, 0.15) is 11.8 Å². The molecule has 1 fully saturated rings. The summed E-state index contributed by atoms with van der Waals surface area (Å²) in [6, 6.07) is 0. The van der Waals surface area contributed by atoms with Crippen LogP contribution in [0, 0.1) is 0 Å². The second kappa shape index (κ2) is 6.46. The van der Waals surface area contributed by atoms with Gasteiger partial charge in [-0.05, 0) is 6.92 Å². The molecule has 0 bridgehead atoms. The summed E-state index contributed by atoms with van der Waals surface area (Å²) in [6.45, 7) is 4.25. The van der Waals surface area contributed by atoms with E-state index in [0.29, 0.717) is 5.71 Å². The highest BCUT2D eigenvalue weighted by Crippen LogP contribution is 2.21. The summed E-state index contributed by atoms with van der Waals surface area (Å²) >= 11 is 0. The zero-order chi connectivity index (χ0) is 13.7. The average Bonchev–Trinajstić information content (AvgIpc) is 2.29. The van der Waals surface area contributed by atoms with Crippen LogP contribution in [0.1, 0.15) is 27.2 Å². The zero-order valence-electron chi connectivity index (χ0n) is 10.8. The maximum Gasteiger partial charge on any atom is 0.331 e. The molecule has 18 heavy (non-hydrogen) atoms. The largest absolute Gasteiger partial charge is 0.453 e. The molecule has 0 radical (unpaired) electrons. The van der Waals surface area contributed by atoms with Gasteiger partial charge in [0.05, 0.1) is 0 Å². The lowest BCUT2D eigenvalue weighted by atomic mass is 10.0. The van der Waals surface area contributed by atoms with Gasteiger partial charge >= 0.3 is 11.9 Å². The van der Waals surface area contributed by atoms with Gasteiger partial charge < -0.3 is 19.0 Å². The monoisotopic (exact) mass is 259 g/mol. The van der Waals surface area contributed by atoms with E-state index >= 15 is 0 Å². The lowest BCUT2D eigenvalue weighted by Crippen LogP contribution is -2.47. The molecule has 102 valence electrons. The number of hydrogen-bond donors (Lipinski definition) is 0. The number of hydrogen-bond acceptors (Lipinski definition) is 7. The van der Waals surface area contributed by atoms with Crippen molar-refractivity contribution in [2.24, 2.45) is 5.16 Å². The van der Waals surface area contributed by atoms with Crippen LogP contribution in [0.2, 0.25) is 0 Å². The summed E-state index contributed by atoms with van der Waals surface area (Å²) < 4.78 is 15.6. The first-order chi connectivity index (χ1) is 8.43. The van der Waals surface area contributed by atoms with Crippen LogP contribution < -0.4 is 0 Å². The van der Waals surface area contributed by atoms with E-state index in [9.17, 15) is 9.59 Å². The van der Waals surface area contributed by atoms with E-state index in [4.69, 9.17) is 14.2 Å². The number of carbonyl (C=O) groups excluding carboxylic acids is 2. The summed E-state index contributed by atoms with van der Waals surface area (Å²) in [6.07, 6.45) is -1.33. The third-order valence-electron chi connectivity index (χ3n) is 2.34. The molecule has 0 spiro atoms. The molecular formula is C11H17NO6. The highest BCUT2D eigenvalue weighted by molar-refractivity contribution is 5.91. The van der Waals surface area contributed by atoms with E-state index in [1.54, 1.807) is 6.92 Å². The Balaban J connectivity index is 2.84. The van der Waals surface area contributed by atoms with E-state index in [1.807, 2.05) is 0 Å². The number of oxime groups is 1. The van der Waals surface area contributed by atoms with Crippen molar-refractivity contribution in [3.63, 3.8) is 0 Å². The molecule has 0 aliphatic carbocycles. The molecule has 1 aliphatic rings. The van der Waals surface area contributed by atoms with Crippen LogP contribution in [0.4, 0.5) is 0 Å². The second-order valence-electron chi connectivity index (χ2n) is 3.91. The number of carbonyl (C=O) groups is 2. The van der Waals surface area contributed by atoms with Crippen LogP contribution in [-0.2, 0) is 28.6 Å². The van der Waals surface area contributed by atoms with Gasteiger partial charge in [-0.2, -0.15) is 0 Å². The Kier molecular flexibility index (Phi) is 5.24. The van der Waals surface area contributed by atoms with Crippen LogP contribution in [0.15, 0.2) is 5.16 Å². The lowest BCUT2D eigenvalue weighted by molar-refractivity contribution is -0.188. The lowest BCUT2D eigenvalue weighted by Gasteiger charge is -2.33. The highest BCUT2D eigenvalue weighted by atomic mass is 16.7. The van der Waals surface area contributed by atoms with Crippen LogP contribution in [0.5, 0.6) is 0 Å². The molecule has 0 aromatic heterocycles. The smallest absolute Gasteiger partial charge is 0.331 e. The fourth-order valence-electron chi connectivity index (χ4n) is 1.61. The summed E-state index contributed by atoms with van der Waals surface area (Å²) in [7, 11) is 1.49. The van der Waals surface area contributed by atoms with Crippen LogP contribution in [0.25, 0.3) is 0 Å². The molecule has 1 rings (SSSR count). The number of nitrogens with zero attached hydrogens (tertiary/aromatic N) is 1. The standard InChI is InChI=1S/C11H17NO6/c1-6-11(17-7(2)13)9(12-18-8(3)14)5-10(15-4)16-6/h6,10-11H,5H2,1-4H3/t6-,10?,11-/m0/s1. The molecular weight excluding hydrogens is 242 g/mol.